The van der Waals surface area contributed by atoms with Crippen molar-refractivity contribution < 1.29 is 40.5 Å². The molecular formula is C14H12NNaO2. The molecule has 0 aliphatic heterocycles. The van der Waals surface area contributed by atoms with Crippen LogP contribution in [-0.2, 0) is 0 Å². The molecule has 2 aromatic carbocycles. The first kappa shape index (κ1) is 14.6. The van der Waals surface area contributed by atoms with Crippen LogP contribution in [0.4, 0.5) is 0 Å². The van der Waals surface area contributed by atoms with Gasteiger partial charge in [0, 0.05) is 0 Å². The van der Waals surface area contributed by atoms with Gasteiger partial charge in [-0.2, -0.15) is 5.26 Å². The van der Waals surface area contributed by atoms with Crippen molar-refractivity contribution in [2.45, 2.75) is 0 Å². The van der Waals surface area contributed by atoms with Gasteiger partial charge >= 0.3 is 29.6 Å². The molecule has 3 nitrogen and oxygen atoms in total. The van der Waals surface area contributed by atoms with Crippen molar-refractivity contribution in [3.63, 3.8) is 0 Å². The first-order chi connectivity index (χ1) is 8.31. The Hall–Kier alpha value is -1.47. The molecule has 0 saturated heterocycles. The summed E-state index contributed by atoms with van der Waals surface area (Å²) in [5, 5.41) is 8.67. The number of hydrogen-bond donors (Lipinski definition) is 0. The predicted molar refractivity (Wildman–Crippen MR) is 65.3 cm³/mol. The zero-order valence-corrected chi connectivity index (χ0v) is 12.4. The van der Waals surface area contributed by atoms with Crippen LogP contribution in [0, 0.1) is 11.3 Å². The molecule has 0 spiro atoms. The van der Waals surface area contributed by atoms with Crippen molar-refractivity contribution in [1.29, 1.82) is 5.26 Å². The second kappa shape index (κ2) is 7.07. The van der Waals surface area contributed by atoms with Crippen molar-refractivity contribution >= 4 is 0 Å². The molecule has 86 valence electrons. The van der Waals surface area contributed by atoms with E-state index in [1.165, 1.54) is 0 Å². The molecule has 0 unspecified atom stereocenters. The Bertz CT molecular complexity index is 535. The molecule has 0 atom stereocenters. The molecule has 4 heteroatoms. The molecular weight excluding hydrogens is 237 g/mol. The zero-order chi connectivity index (χ0) is 12.1. The van der Waals surface area contributed by atoms with Crippen LogP contribution in [0.5, 0.6) is 17.2 Å². The van der Waals surface area contributed by atoms with E-state index in [1.54, 1.807) is 31.4 Å². The number of rotatable bonds is 3. The summed E-state index contributed by atoms with van der Waals surface area (Å²) < 4.78 is 10.7. The van der Waals surface area contributed by atoms with E-state index in [9.17, 15) is 0 Å². The minimum atomic E-state index is 0. The molecule has 0 fully saturated rings. The maximum atomic E-state index is 8.67. The molecule has 2 rings (SSSR count). The van der Waals surface area contributed by atoms with E-state index < -0.39 is 0 Å². The largest absolute Gasteiger partial charge is 1.00 e. The van der Waals surface area contributed by atoms with E-state index in [4.69, 9.17) is 14.7 Å². The van der Waals surface area contributed by atoms with Crippen molar-refractivity contribution in [3.05, 3.63) is 54.1 Å². The molecule has 0 saturated carbocycles. The zero-order valence-electron chi connectivity index (χ0n) is 11.4. The van der Waals surface area contributed by atoms with Gasteiger partial charge in [0.1, 0.15) is 17.2 Å². The summed E-state index contributed by atoms with van der Waals surface area (Å²) in [6.45, 7) is 0. The topological polar surface area (TPSA) is 42.2 Å². The number of ether oxygens (including phenoxy) is 2. The Balaban J connectivity index is 0.00000162. The summed E-state index contributed by atoms with van der Waals surface area (Å²) in [6.07, 6.45) is 0. The van der Waals surface area contributed by atoms with E-state index in [1.807, 2.05) is 24.3 Å². The van der Waals surface area contributed by atoms with Crippen LogP contribution in [-0.4, -0.2) is 7.11 Å². The monoisotopic (exact) mass is 249 g/mol. The standard InChI is InChI=1S/C14H11NO2.Na.H/c1-16-12-6-8-14(9-7-12)17-13-4-2-11(10-15)3-5-13;;/h2-9H,1H3;;/q;+1;-1. The molecule has 0 amide bonds. The van der Waals surface area contributed by atoms with Gasteiger partial charge in [0.25, 0.3) is 0 Å². The Labute approximate surface area is 130 Å². The summed E-state index contributed by atoms with van der Waals surface area (Å²) in [5.74, 6) is 2.22. The molecule has 0 heterocycles. The van der Waals surface area contributed by atoms with Gasteiger partial charge in [0.2, 0.25) is 0 Å². The van der Waals surface area contributed by atoms with Crippen molar-refractivity contribution in [3.8, 4) is 23.3 Å². The van der Waals surface area contributed by atoms with Crippen LogP contribution in [0.1, 0.15) is 6.99 Å². The van der Waals surface area contributed by atoms with Gasteiger partial charge in [0.15, 0.2) is 0 Å². The first-order valence-corrected chi connectivity index (χ1v) is 5.14. The molecule has 0 aliphatic rings. The van der Waals surface area contributed by atoms with Crippen LogP contribution in [0.25, 0.3) is 0 Å². The normalized spacial score (nSPS) is 8.89. The van der Waals surface area contributed by atoms with Gasteiger partial charge in [-0.05, 0) is 48.5 Å². The minimum Gasteiger partial charge on any atom is -1.00 e. The maximum absolute atomic E-state index is 8.67. The average molecular weight is 249 g/mol. The Morgan fingerprint density at radius 1 is 0.889 bits per heavy atom. The Kier molecular flexibility index (Phi) is 5.73. The van der Waals surface area contributed by atoms with Crippen molar-refractivity contribution in [1.82, 2.24) is 0 Å². The molecule has 0 radical (unpaired) electrons. The SMILES string of the molecule is COc1ccc(Oc2ccc(C#N)cc2)cc1.[H-].[Na+]. The maximum Gasteiger partial charge on any atom is 1.00 e. The molecule has 2 aromatic rings. The molecule has 0 N–H and O–H groups in total. The summed E-state index contributed by atoms with van der Waals surface area (Å²) >= 11 is 0. The number of nitriles is 1. The summed E-state index contributed by atoms with van der Waals surface area (Å²) in [4.78, 5) is 0. The average Bonchev–Trinajstić information content (AvgIpc) is 2.40. The minimum absolute atomic E-state index is 0. The van der Waals surface area contributed by atoms with E-state index in [2.05, 4.69) is 6.07 Å². The molecule has 0 aliphatic carbocycles. The third-order valence-electron chi connectivity index (χ3n) is 2.28. The number of methoxy groups -OCH3 is 1. The third-order valence-corrected chi connectivity index (χ3v) is 2.28. The number of hydrogen-bond acceptors (Lipinski definition) is 3. The number of nitrogens with zero attached hydrogens (tertiary/aromatic N) is 1. The summed E-state index contributed by atoms with van der Waals surface area (Å²) in [6, 6.07) is 16.4. The fourth-order valence-electron chi connectivity index (χ4n) is 1.38. The van der Waals surface area contributed by atoms with E-state index >= 15 is 0 Å². The van der Waals surface area contributed by atoms with Crippen LogP contribution in [0.2, 0.25) is 0 Å². The fourth-order valence-corrected chi connectivity index (χ4v) is 1.38. The molecule has 18 heavy (non-hydrogen) atoms. The van der Waals surface area contributed by atoms with E-state index in [0.717, 1.165) is 11.5 Å². The smallest absolute Gasteiger partial charge is 1.00 e. The molecule has 0 aromatic heterocycles. The van der Waals surface area contributed by atoms with E-state index in [0.29, 0.717) is 11.3 Å². The first-order valence-electron chi connectivity index (χ1n) is 5.14. The van der Waals surface area contributed by atoms with Gasteiger partial charge in [-0.1, -0.05) is 0 Å². The second-order valence-electron chi connectivity index (χ2n) is 3.41. The fraction of sp³-hybridized carbons (Fsp3) is 0.0714. The summed E-state index contributed by atoms with van der Waals surface area (Å²) in [7, 11) is 1.62. The van der Waals surface area contributed by atoms with Gasteiger partial charge < -0.3 is 10.9 Å². The van der Waals surface area contributed by atoms with Crippen LogP contribution in [0.15, 0.2) is 48.5 Å². The van der Waals surface area contributed by atoms with Crippen molar-refractivity contribution in [2.24, 2.45) is 0 Å². The second-order valence-corrected chi connectivity index (χ2v) is 3.41. The van der Waals surface area contributed by atoms with E-state index in [-0.39, 0.29) is 31.0 Å². The Morgan fingerprint density at radius 2 is 1.33 bits per heavy atom. The quantitative estimate of drug-likeness (QED) is 0.743. The van der Waals surface area contributed by atoms with Gasteiger partial charge in [-0.15, -0.1) is 0 Å². The third kappa shape index (κ3) is 3.78. The number of benzene rings is 2. The van der Waals surface area contributed by atoms with Gasteiger partial charge in [0.05, 0.1) is 18.7 Å². The van der Waals surface area contributed by atoms with Gasteiger partial charge in [-0.25, -0.2) is 0 Å². The summed E-state index contributed by atoms with van der Waals surface area (Å²) in [5.41, 5.74) is 0.618. The molecule has 0 bridgehead atoms. The van der Waals surface area contributed by atoms with Crippen LogP contribution < -0.4 is 39.0 Å². The van der Waals surface area contributed by atoms with Crippen molar-refractivity contribution in [2.75, 3.05) is 7.11 Å². The van der Waals surface area contributed by atoms with Crippen LogP contribution >= 0.6 is 0 Å². The predicted octanol–water partition coefficient (Wildman–Crippen LogP) is 0.476. The van der Waals surface area contributed by atoms with Crippen LogP contribution in [0.3, 0.4) is 0 Å². The van der Waals surface area contributed by atoms with Gasteiger partial charge in [-0.3, -0.25) is 0 Å². The Morgan fingerprint density at radius 3 is 1.78 bits per heavy atom.